The molecule has 1 aliphatic rings. The van der Waals surface area contributed by atoms with Crippen molar-refractivity contribution in [1.82, 2.24) is 4.90 Å². The zero-order valence-electron chi connectivity index (χ0n) is 12.3. The summed E-state index contributed by atoms with van der Waals surface area (Å²) in [5, 5.41) is 0. The number of rotatable bonds is 4. The van der Waals surface area contributed by atoms with Gasteiger partial charge in [0.1, 0.15) is 5.76 Å². The van der Waals surface area contributed by atoms with Gasteiger partial charge in [0.15, 0.2) is 14.5 Å². The highest BCUT2D eigenvalue weighted by Crippen LogP contribution is 2.24. The van der Waals surface area contributed by atoms with Gasteiger partial charge in [0.25, 0.3) is 5.91 Å². The molecule has 0 radical (unpaired) electrons. The molecule has 7 heteroatoms. The summed E-state index contributed by atoms with van der Waals surface area (Å²) in [5.41, 5.74) is 0.544. The molecule has 1 aromatic heterocycles. The molecule has 0 saturated carbocycles. The molecule has 1 atom stereocenters. The summed E-state index contributed by atoms with van der Waals surface area (Å²) in [4.78, 5) is 14.4. The number of carbonyl (C=O) groups excluding carboxylic acids is 1. The van der Waals surface area contributed by atoms with E-state index >= 15 is 0 Å². The van der Waals surface area contributed by atoms with Gasteiger partial charge in [-0.2, -0.15) is 0 Å². The van der Waals surface area contributed by atoms with Crippen LogP contribution in [0.5, 0.6) is 0 Å². The molecule has 23 heavy (non-hydrogen) atoms. The predicted octanol–water partition coefficient (Wildman–Crippen LogP) is 2.87. The van der Waals surface area contributed by atoms with E-state index in [2.05, 4.69) is 15.9 Å². The van der Waals surface area contributed by atoms with E-state index in [1.54, 1.807) is 41.3 Å². The molecular weight excluding hydrogens is 382 g/mol. The summed E-state index contributed by atoms with van der Waals surface area (Å²) in [6.07, 6.45) is 0.461. The Balaban J connectivity index is 1.88. The maximum absolute atomic E-state index is 12.8. The Kier molecular flexibility index (Phi) is 4.59. The topological polar surface area (TPSA) is 67.6 Å². The standard InChI is InChI=1S/C16H16BrNO4S/c17-15-7-6-14(22-15)10-18(13-8-9-23(20,21)11-13)16(19)12-4-2-1-3-5-12/h1-7,13H,8-11H2/t13-/m1/s1. The zero-order chi connectivity index (χ0) is 16.4. The van der Waals surface area contributed by atoms with Crippen LogP contribution < -0.4 is 0 Å². The second kappa shape index (κ2) is 6.49. The molecule has 2 aromatic rings. The summed E-state index contributed by atoms with van der Waals surface area (Å²) < 4.78 is 29.7. The van der Waals surface area contributed by atoms with E-state index < -0.39 is 9.84 Å². The molecule has 0 aliphatic carbocycles. The molecule has 0 bridgehead atoms. The molecule has 1 amide bonds. The number of nitrogens with zero attached hydrogens (tertiary/aromatic N) is 1. The summed E-state index contributed by atoms with van der Waals surface area (Å²) >= 11 is 3.24. The van der Waals surface area contributed by atoms with E-state index in [9.17, 15) is 13.2 Å². The fourth-order valence-electron chi connectivity index (χ4n) is 2.74. The van der Waals surface area contributed by atoms with Crippen LogP contribution in [0.15, 0.2) is 51.6 Å². The van der Waals surface area contributed by atoms with Crippen molar-refractivity contribution in [2.75, 3.05) is 11.5 Å². The largest absolute Gasteiger partial charge is 0.452 e. The van der Waals surface area contributed by atoms with Crippen LogP contribution in [0.3, 0.4) is 0 Å². The first-order valence-electron chi connectivity index (χ1n) is 7.25. The number of halogens is 1. The lowest BCUT2D eigenvalue weighted by Crippen LogP contribution is -2.40. The second-order valence-corrected chi connectivity index (χ2v) is 8.57. The van der Waals surface area contributed by atoms with Crippen molar-refractivity contribution in [3.8, 4) is 0 Å². The molecule has 3 rings (SSSR count). The van der Waals surface area contributed by atoms with Crippen LogP contribution >= 0.6 is 15.9 Å². The minimum Gasteiger partial charge on any atom is -0.452 e. The zero-order valence-corrected chi connectivity index (χ0v) is 14.7. The third-order valence-corrected chi connectivity index (χ3v) is 6.06. The average Bonchev–Trinajstić information content (AvgIpc) is 3.10. The van der Waals surface area contributed by atoms with Gasteiger partial charge in [-0.15, -0.1) is 0 Å². The molecule has 1 aromatic carbocycles. The van der Waals surface area contributed by atoms with Crippen LogP contribution in [0.4, 0.5) is 0 Å². The predicted molar refractivity (Wildman–Crippen MR) is 89.8 cm³/mol. The monoisotopic (exact) mass is 397 g/mol. The van der Waals surface area contributed by atoms with E-state index in [0.717, 1.165) is 0 Å². The van der Waals surface area contributed by atoms with Crippen molar-refractivity contribution in [1.29, 1.82) is 0 Å². The van der Waals surface area contributed by atoms with Crippen LogP contribution in [0.1, 0.15) is 22.5 Å². The minimum atomic E-state index is -3.08. The summed E-state index contributed by atoms with van der Waals surface area (Å²) in [7, 11) is -3.08. The average molecular weight is 398 g/mol. The Morgan fingerprint density at radius 1 is 1.22 bits per heavy atom. The maximum atomic E-state index is 12.8. The molecule has 1 saturated heterocycles. The van der Waals surface area contributed by atoms with Crippen molar-refractivity contribution < 1.29 is 17.6 Å². The van der Waals surface area contributed by atoms with Crippen LogP contribution in [0.25, 0.3) is 0 Å². The SMILES string of the molecule is O=C(c1ccccc1)N(Cc1ccc(Br)o1)[C@@H]1CCS(=O)(=O)C1. The van der Waals surface area contributed by atoms with Crippen molar-refractivity contribution in [2.45, 2.75) is 19.0 Å². The molecular formula is C16H16BrNO4S. The van der Waals surface area contributed by atoms with Gasteiger partial charge in [-0.25, -0.2) is 8.42 Å². The first kappa shape index (κ1) is 16.3. The number of sulfone groups is 1. The van der Waals surface area contributed by atoms with Crippen molar-refractivity contribution in [3.63, 3.8) is 0 Å². The third kappa shape index (κ3) is 3.84. The lowest BCUT2D eigenvalue weighted by Gasteiger charge is -2.27. The van der Waals surface area contributed by atoms with Crippen LogP contribution in [0, 0.1) is 0 Å². The fourth-order valence-corrected chi connectivity index (χ4v) is 4.81. The van der Waals surface area contributed by atoms with Gasteiger partial charge in [0.2, 0.25) is 0 Å². The number of furan rings is 1. The highest BCUT2D eigenvalue weighted by Gasteiger charge is 2.35. The van der Waals surface area contributed by atoms with Gasteiger partial charge < -0.3 is 9.32 Å². The molecule has 5 nitrogen and oxygen atoms in total. The molecule has 1 fully saturated rings. The van der Waals surface area contributed by atoms with E-state index in [1.165, 1.54) is 0 Å². The molecule has 2 heterocycles. The van der Waals surface area contributed by atoms with Crippen molar-refractivity contribution in [2.24, 2.45) is 0 Å². The molecule has 0 unspecified atom stereocenters. The number of hydrogen-bond acceptors (Lipinski definition) is 4. The van der Waals surface area contributed by atoms with E-state index in [0.29, 0.717) is 22.4 Å². The fraction of sp³-hybridized carbons (Fsp3) is 0.312. The highest BCUT2D eigenvalue weighted by atomic mass is 79.9. The Morgan fingerprint density at radius 2 is 1.96 bits per heavy atom. The van der Waals surface area contributed by atoms with Crippen LogP contribution in [-0.2, 0) is 16.4 Å². The molecule has 1 aliphatic heterocycles. The number of amides is 1. The number of carbonyl (C=O) groups is 1. The quantitative estimate of drug-likeness (QED) is 0.795. The summed E-state index contributed by atoms with van der Waals surface area (Å²) in [5.74, 6) is 0.566. The molecule has 0 spiro atoms. The van der Waals surface area contributed by atoms with Gasteiger partial charge in [-0.3, -0.25) is 4.79 Å². The smallest absolute Gasteiger partial charge is 0.254 e. The van der Waals surface area contributed by atoms with Gasteiger partial charge in [-0.1, -0.05) is 18.2 Å². The molecule has 122 valence electrons. The van der Waals surface area contributed by atoms with Crippen molar-refractivity contribution >= 4 is 31.7 Å². The van der Waals surface area contributed by atoms with E-state index in [1.807, 2.05) is 6.07 Å². The van der Waals surface area contributed by atoms with Gasteiger partial charge in [0, 0.05) is 11.6 Å². The first-order valence-corrected chi connectivity index (χ1v) is 9.87. The second-order valence-electron chi connectivity index (χ2n) is 5.56. The van der Waals surface area contributed by atoms with E-state index in [-0.39, 0.29) is 30.0 Å². The Bertz CT molecular complexity index is 800. The lowest BCUT2D eigenvalue weighted by atomic mass is 10.1. The summed E-state index contributed by atoms with van der Waals surface area (Å²) in [6.45, 7) is 0.250. The Labute approximate surface area is 143 Å². The summed E-state index contributed by atoms with van der Waals surface area (Å²) in [6, 6.07) is 12.1. The number of benzene rings is 1. The number of hydrogen-bond donors (Lipinski definition) is 0. The van der Waals surface area contributed by atoms with Gasteiger partial charge >= 0.3 is 0 Å². The van der Waals surface area contributed by atoms with Crippen LogP contribution in [0.2, 0.25) is 0 Å². The molecule has 0 N–H and O–H groups in total. The van der Waals surface area contributed by atoms with Gasteiger partial charge in [0.05, 0.1) is 18.1 Å². The Morgan fingerprint density at radius 3 is 2.52 bits per heavy atom. The van der Waals surface area contributed by atoms with Crippen LogP contribution in [-0.4, -0.2) is 36.8 Å². The highest BCUT2D eigenvalue weighted by molar-refractivity contribution is 9.10. The lowest BCUT2D eigenvalue weighted by molar-refractivity contribution is 0.0665. The van der Waals surface area contributed by atoms with Crippen molar-refractivity contribution in [3.05, 3.63) is 58.5 Å². The maximum Gasteiger partial charge on any atom is 0.254 e. The first-order chi connectivity index (χ1) is 10.9. The van der Waals surface area contributed by atoms with E-state index in [4.69, 9.17) is 4.42 Å². The van der Waals surface area contributed by atoms with Gasteiger partial charge in [-0.05, 0) is 46.6 Å². The third-order valence-electron chi connectivity index (χ3n) is 3.89. The minimum absolute atomic E-state index is 0.00739. The Hall–Kier alpha value is -1.60. The normalized spacial score (nSPS) is 19.6.